The van der Waals surface area contributed by atoms with Gasteiger partial charge in [0.25, 0.3) is 0 Å². The van der Waals surface area contributed by atoms with E-state index in [4.69, 9.17) is 9.47 Å². The van der Waals surface area contributed by atoms with Crippen LogP contribution in [-0.2, 0) is 19.1 Å². The number of hydrogen-bond donors (Lipinski definition) is 0. The second-order valence-electron chi connectivity index (χ2n) is 9.77. The summed E-state index contributed by atoms with van der Waals surface area (Å²) < 4.78 is 10.5. The van der Waals surface area contributed by atoms with E-state index in [9.17, 15) is 9.59 Å². The van der Waals surface area contributed by atoms with Crippen molar-refractivity contribution in [1.29, 1.82) is 0 Å². The van der Waals surface area contributed by atoms with Crippen LogP contribution in [0.3, 0.4) is 0 Å². The number of esters is 2. The molecule has 0 aliphatic rings. The van der Waals surface area contributed by atoms with Gasteiger partial charge in [-0.1, -0.05) is 136 Å². The lowest BCUT2D eigenvalue weighted by molar-refractivity contribution is -0.144. The van der Waals surface area contributed by atoms with E-state index in [1.807, 2.05) is 6.92 Å². The number of unbranched alkanes of at least 4 members (excludes halogenated alkanes) is 17. The number of hydrogen-bond acceptors (Lipinski definition) is 4. The Bertz CT molecular complexity index is 486. The summed E-state index contributed by atoms with van der Waals surface area (Å²) in [6.45, 7) is 6.82. The monoisotopic (exact) mass is 480 g/mol. The first-order chi connectivity index (χ1) is 16.6. The van der Waals surface area contributed by atoms with Gasteiger partial charge >= 0.3 is 11.9 Å². The summed E-state index contributed by atoms with van der Waals surface area (Å²) in [5.41, 5.74) is 0. The molecule has 0 aromatic rings. The molecule has 0 spiro atoms. The van der Waals surface area contributed by atoms with Gasteiger partial charge in [-0.2, -0.15) is 0 Å². The third-order valence-corrected chi connectivity index (χ3v) is 6.47. The summed E-state index contributed by atoms with van der Waals surface area (Å²) in [5.74, 6) is -0.923. The van der Waals surface area contributed by atoms with Crippen LogP contribution in [0.15, 0.2) is 12.2 Å². The molecule has 0 fully saturated rings. The van der Waals surface area contributed by atoms with Gasteiger partial charge in [-0.15, -0.1) is 0 Å². The smallest absolute Gasteiger partial charge is 0.331 e. The van der Waals surface area contributed by atoms with Crippen LogP contribution in [0.1, 0.15) is 156 Å². The van der Waals surface area contributed by atoms with Gasteiger partial charge in [0.05, 0.1) is 6.61 Å². The van der Waals surface area contributed by atoms with Crippen molar-refractivity contribution in [3.8, 4) is 0 Å². The van der Waals surface area contributed by atoms with Gasteiger partial charge in [0.2, 0.25) is 0 Å². The molecule has 0 heterocycles. The Hall–Kier alpha value is -1.32. The standard InChI is InChI=1S/C30H56O4/c1-4-7-9-10-11-12-13-14-15-16-17-18-19-20-21-22-23-27-33-29(31)25-26-30(32)34-28(6-3)24-8-5-2/h25-26,28H,4-24,27H2,1-3H3/b26-25+. The molecule has 0 aliphatic carbocycles. The van der Waals surface area contributed by atoms with Gasteiger partial charge in [0.1, 0.15) is 6.10 Å². The fraction of sp³-hybridized carbons (Fsp3) is 0.867. The molecule has 0 saturated carbocycles. The Morgan fingerprint density at radius 3 is 1.41 bits per heavy atom. The zero-order valence-corrected chi connectivity index (χ0v) is 22.9. The SMILES string of the molecule is CCCCCCCCCCCCCCCCCCCOC(=O)/C=C/C(=O)OC(CC)CCCC. The van der Waals surface area contributed by atoms with Crippen molar-refractivity contribution in [1.82, 2.24) is 0 Å². The zero-order valence-electron chi connectivity index (χ0n) is 22.9. The van der Waals surface area contributed by atoms with E-state index in [2.05, 4.69) is 13.8 Å². The summed E-state index contributed by atoms with van der Waals surface area (Å²) in [7, 11) is 0. The van der Waals surface area contributed by atoms with Gasteiger partial charge in [0.15, 0.2) is 0 Å². The first kappa shape index (κ1) is 32.7. The topological polar surface area (TPSA) is 52.6 Å². The predicted octanol–water partition coefficient (Wildman–Crippen LogP) is 9.25. The first-order valence-electron chi connectivity index (χ1n) is 14.7. The molecule has 0 bridgehead atoms. The summed E-state index contributed by atoms with van der Waals surface area (Å²) in [6.07, 6.45) is 28.7. The predicted molar refractivity (Wildman–Crippen MR) is 144 cm³/mol. The van der Waals surface area contributed by atoms with Crippen molar-refractivity contribution in [2.24, 2.45) is 0 Å². The van der Waals surface area contributed by atoms with Crippen LogP contribution >= 0.6 is 0 Å². The Morgan fingerprint density at radius 1 is 0.559 bits per heavy atom. The second kappa shape index (κ2) is 26.3. The van der Waals surface area contributed by atoms with Crippen LogP contribution in [-0.4, -0.2) is 24.6 Å². The van der Waals surface area contributed by atoms with Gasteiger partial charge < -0.3 is 9.47 Å². The maximum Gasteiger partial charge on any atom is 0.331 e. The normalized spacial score (nSPS) is 12.2. The highest BCUT2D eigenvalue weighted by Gasteiger charge is 2.10. The molecule has 0 saturated heterocycles. The van der Waals surface area contributed by atoms with Crippen LogP contribution in [0.25, 0.3) is 0 Å². The highest BCUT2D eigenvalue weighted by atomic mass is 16.5. The lowest BCUT2D eigenvalue weighted by Crippen LogP contribution is -2.16. The molecule has 1 unspecified atom stereocenters. The van der Waals surface area contributed by atoms with E-state index in [-0.39, 0.29) is 6.10 Å². The number of carbonyl (C=O) groups excluding carboxylic acids is 2. The van der Waals surface area contributed by atoms with Crippen LogP contribution in [0.5, 0.6) is 0 Å². The lowest BCUT2D eigenvalue weighted by atomic mass is 10.0. The van der Waals surface area contributed by atoms with Crippen LogP contribution in [0, 0.1) is 0 Å². The molecule has 0 aromatic heterocycles. The molecule has 0 aliphatic heterocycles. The average molecular weight is 481 g/mol. The summed E-state index contributed by atoms with van der Waals surface area (Å²) in [4.78, 5) is 23.5. The molecule has 4 heteroatoms. The van der Waals surface area contributed by atoms with E-state index >= 15 is 0 Å². The van der Waals surface area contributed by atoms with Gasteiger partial charge in [-0.05, 0) is 19.3 Å². The minimum absolute atomic E-state index is 0.0666. The minimum atomic E-state index is -0.463. The largest absolute Gasteiger partial charge is 0.463 e. The van der Waals surface area contributed by atoms with Gasteiger partial charge in [-0.25, -0.2) is 9.59 Å². The quantitative estimate of drug-likeness (QED) is 0.0742. The van der Waals surface area contributed by atoms with Crippen molar-refractivity contribution in [2.45, 2.75) is 162 Å². The lowest BCUT2D eigenvalue weighted by Gasteiger charge is -2.14. The van der Waals surface area contributed by atoms with Crippen molar-refractivity contribution in [3.63, 3.8) is 0 Å². The van der Waals surface area contributed by atoms with Crippen LogP contribution in [0.4, 0.5) is 0 Å². The van der Waals surface area contributed by atoms with Gasteiger partial charge in [-0.3, -0.25) is 0 Å². The molecule has 0 aromatic carbocycles. The van der Waals surface area contributed by atoms with Crippen LogP contribution in [0.2, 0.25) is 0 Å². The van der Waals surface area contributed by atoms with E-state index in [1.54, 1.807) is 0 Å². The maximum atomic E-state index is 11.8. The number of rotatable bonds is 25. The van der Waals surface area contributed by atoms with Crippen molar-refractivity contribution >= 4 is 11.9 Å². The van der Waals surface area contributed by atoms with E-state index in [1.165, 1.54) is 108 Å². The van der Waals surface area contributed by atoms with Crippen molar-refractivity contribution in [3.05, 3.63) is 12.2 Å². The molecule has 0 radical (unpaired) electrons. The Morgan fingerprint density at radius 2 is 0.971 bits per heavy atom. The van der Waals surface area contributed by atoms with E-state index < -0.39 is 11.9 Å². The average Bonchev–Trinajstić information content (AvgIpc) is 2.84. The zero-order chi connectivity index (χ0) is 25.1. The third kappa shape index (κ3) is 23.8. The molecule has 0 rings (SSSR count). The molecule has 0 N–H and O–H groups in total. The fourth-order valence-corrected chi connectivity index (χ4v) is 4.17. The first-order valence-corrected chi connectivity index (χ1v) is 14.7. The highest BCUT2D eigenvalue weighted by molar-refractivity contribution is 5.91. The molecule has 34 heavy (non-hydrogen) atoms. The second-order valence-corrected chi connectivity index (χ2v) is 9.77. The molecule has 1 atom stereocenters. The van der Waals surface area contributed by atoms with Crippen molar-refractivity contribution < 1.29 is 19.1 Å². The van der Waals surface area contributed by atoms with Gasteiger partial charge in [0, 0.05) is 12.2 Å². The molecular weight excluding hydrogens is 424 g/mol. The Labute approximate surface area is 211 Å². The Kier molecular flexibility index (Phi) is 25.3. The van der Waals surface area contributed by atoms with E-state index in [0.29, 0.717) is 6.61 Å². The Balaban J connectivity index is 3.42. The molecular formula is C30H56O4. The highest BCUT2D eigenvalue weighted by Crippen LogP contribution is 2.14. The maximum absolute atomic E-state index is 11.8. The molecule has 200 valence electrons. The summed E-state index contributed by atoms with van der Waals surface area (Å²) >= 11 is 0. The third-order valence-electron chi connectivity index (χ3n) is 6.47. The summed E-state index contributed by atoms with van der Waals surface area (Å²) in [6, 6.07) is 0. The van der Waals surface area contributed by atoms with Crippen molar-refractivity contribution in [2.75, 3.05) is 6.61 Å². The fourth-order valence-electron chi connectivity index (χ4n) is 4.17. The number of carbonyl (C=O) groups is 2. The minimum Gasteiger partial charge on any atom is -0.463 e. The molecule has 0 amide bonds. The summed E-state index contributed by atoms with van der Waals surface area (Å²) in [5, 5.41) is 0. The number of ether oxygens (including phenoxy) is 2. The van der Waals surface area contributed by atoms with Crippen LogP contribution < -0.4 is 0 Å². The van der Waals surface area contributed by atoms with E-state index in [0.717, 1.165) is 38.5 Å². The molecule has 4 nitrogen and oxygen atoms in total.